The molecule has 4 nitrogen and oxygen atoms in total. The van der Waals surface area contributed by atoms with Gasteiger partial charge in [-0.05, 0) is 31.5 Å². The molecule has 22 heavy (non-hydrogen) atoms. The monoisotopic (exact) mass is 298 g/mol. The summed E-state index contributed by atoms with van der Waals surface area (Å²) in [5.74, 6) is 0.583. The second-order valence-electron chi connectivity index (χ2n) is 5.38. The van der Waals surface area contributed by atoms with E-state index in [9.17, 15) is 4.79 Å². The van der Waals surface area contributed by atoms with Crippen LogP contribution in [0.1, 0.15) is 24.1 Å². The van der Waals surface area contributed by atoms with Crippen LogP contribution in [0.4, 0.5) is 0 Å². The lowest BCUT2D eigenvalue weighted by Crippen LogP contribution is -2.39. The Labute approximate surface area is 131 Å². The van der Waals surface area contributed by atoms with Gasteiger partial charge in [-0.1, -0.05) is 48.0 Å². The average molecular weight is 298 g/mol. The van der Waals surface area contributed by atoms with Crippen molar-refractivity contribution in [3.8, 4) is 5.75 Å². The van der Waals surface area contributed by atoms with Crippen LogP contribution in [0.3, 0.4) is 0 Å². The number of ether oxygens (including phenoxy) is 1. The number of nitrogens with one attached hydrogen (secondary N) is 1. The van der Waals surface area contributed by atoms with Crippen LogP contribution < -0.4 is 15.8 Å². The molecule has 4 heteroatoms. The zero-order chi connectivity index (χ0) is 15.9. The highest BCUT2D eigenvalue weighted by atomic mass is 16.5. The van der Waals surface area contributed by atoms with Gasteiger partial charge in [0.05, 0.1) is 6.54 Å². The van der Waals surface area contributed by atoms with Gasteiger partial charge in [0.15, 0.2) is 0 Å². The molecule has 0 saturated carbocycles. The lowest BCUT2D eigenvalue weighted by Gasteiger charge is -2.17. The maximum atomic E-state index is 12.1. The number of rotatable bonds is 6. The zero-order valence-corrected chi connectivity index (χ0v) is 13.0. The van der Waals surface area contributed by atoms with E-state index in [1.807, 2.05) is 68.4 Å². The minimum Gasteiger partial charge on any atom is -0.489 e. The van der Waals surface area contributed by atoms with E-state index in [1.54, 1.807) is 0 Å². The fourth-order valence-electron chi connectivity index (χ4n) is 2.05. The second kappa shape index (κ2) is 7.61. The predicted octanol–water partition coefficient (Wildman–Crippen LogP) is 2.58. The van der Waals surface area contributed by atoms with Crippen LogP contribution in [0.2, 0.25) is 0 Å². The van der Waals surface area contributed by atoms with Crippen molar-refractivity contribution in [3.05, 3.63) is 65.7 Å². The third kappa shape index (κ3) is 4.60. The highest BCUT2D eigenvalue weighted by Crippen LogP contribution is 2.12. The van der Waals surface area contributed by atoms with Crippen molar-refractivity contribution in [2.45, 2.75) is 26.0 Å². The summed E-state index contributed by atoms with van der Waals surface area (Å²) in [5.41, 5.74) is 7.92. The third-order valence-electron chi connectivity index (χ3n) is 3.36. The maximum absolute atomic E-state index is 12.1. The van der Waals surface area contributed by atoms with Gasteiger partial charge in [0.2, 0.25) is 5.91 Å². The van der Waals surface area contributed by atoms with Crippen molar-refractivity contribution in [1.29, 1.82) is 0 Å². The molecule has 0 saturated heterocycles. The van der Waals surface area contributed by atoms with Crippen LogP contribution in [-0.2, 0) is 4.79 Å². The zero-order valence-electron chi connectivity index (χ0n) is 13.0. The molecule has 0 spiro atoms. The number of benzene rings is 2. The van der Waals surface area contributed by atoms with E-state index >= 15 is 0 Å². The van der Waals surface area contributed by atoms with Gasteiger partial charge in [-0.2, -0.15) is 0 Å². The first-order valence-corrected chi connectivity index (χ1v) is 7.38. The largest absolute Gasteiger partial charge is 0.489 e. The maximum Gasteiger partial charge on any atom is 0.241 e. The van der Waals surface area contributed by atoms with Crippen molar-refractivity contribution < 1.29 is 9.53 Å². The molecule has 0 radical (unpaired) electrons. The molecule has 2 aromatic rings. The van der Waals surface area contributed by atoms with Gasteiger partial charge in [-0.25, -0.2) is 0 Å². The molecule has 2 atom stereocenters. The van der Waals surface area contributed by atoms with Gasteiger partial charge in [0.1, 0.15) is 17.9 Å². The first-order chi connectivity index (χ1) is 10.6. The van der Waals surface area contributed by atoms with Crippen molar-refractivity contribution in [3.63, 3.8) is 0 Å². The number of para-hydroxylation sites is 1. The Morgan fingerprint density at radius 3 is 2.41 bits per heavy atom. The molecular formula is C18H22N2O2. The highest BCUT2D eigenvalue weighted by Gasteiger charge is 2.16. The summed E-state index contributed by atoms with van der Waals surface area (Å²) in [6.07, 6.45) is -0.128. The number of carbonyl (C=O) groups is 1. The number of carbonyl (C=O) groups excluding carboxylic acids is 1. The summed E-state index contributed by atoms with van der Waals surface area (Å²) >= 11 is 0. The molecule has 2 unspecified atom stereocenters. The first-order valence-electron chi connectivity index (χ1n) is 7.38. The van der Waals surface area contributed by atoms with Crippen LogP contribution in [0.15, 0.2) is 54.6 Å². The van der Waals surface area contributed by atoms with E-state index in [0.29, 0.717) is 6.54 Å². The summed E-state index contributed by atoms with van der Waals surface area (Å²) in [7, 11) is 0. The average Bonchev–Trinajstić information content (AvgIpc) is 2.53. The fraction of sp³-hybridized carbons (Fsp3) is 0.278. The Hall–Kier alpha value is -2.33. The van der Waals surface area contributed by atoms with E-state index in [4.69, 9.17) is 10.5 Å². The Morgan fingerprint density at radius 2 is 1.77 bits per heavy atom. The third-order valence-corrected chi connectivity index (χ3v) is 3.36. The van der Waals surface area contributed by atoms with Crippen LogP contribution in [0.5, 0.6) is 5.75 Å². The van der Waals surface area contributed by atoms with Gasteiger partial charge >= 0.3 is 0 Å². The lowest BCUT2D eigenvalue weighted by atomic mass is 10.1. The van der Waals surface area contributed by atoms with E-state index in [-0.39, 0.29) is 12.0 Å². The van der Waals surface area contributed by atoms with Gasteiger partial charge in [0, 0.05) is 0 Å². The number of aryl methyl sites for hydroxylation is 1. The molecule has 0 fully saturated rings. The standard InChI is InChI=1S/C18H22N2O2/c1-13-8-10-15(11-9-13)17(19)18(21)20-12-14(2)22-16-6-4-3-5-7-16/h3-11,14,17H,12,19H2,1-2H3,(H,20,21). The molecule has 1 amide bonds. The predicted molar refractivity (Wildman–Crippen MR) is 87.6 cm³/mol. The van der Waals surface area contributed by atoms with Crippen LogP contribution in [0.25, 0.3) is 0 Å². The van der Waals surface area contributed by atoms with E-state index in [1.165, 1.54) is 0 Å². The molecule has 2 aromatic carbocycles. The topological polar surface area (TPSA) is 64.4 Å². The Bertz CT molecular complexity index is 596. The van der Waals surface area contributed by atoms with Crippen molar-refractivity contribution in [1.82, 2.24) is 5.32 Å². The first kappa shape index (κ1) is 16.0. The summed E-state index contributed by atoms with van der Waals surface area (Å²) in [4.78, 5) is 12.1. The van der Waals surface area contributed by atoms with Gasteiger partial charge in [0.25, 0.3) is 0 Å². The second-order valence-corrected chi connectivity index (χ2v) is 5.38. The Kier molecular flexibility index (Phi) is 5.55. The summed E-state index contributed by atoms with van der Waals surface area (Å²) < 4.78 is 5.71. The number of amides is 1. The molecule has 0 bridgehead atoms. The molecule has 0 aliphatic heterocycles. The summed E-state index contributed by atoms with van der Waals surface area (Å²) in [6, 6.07) is 16.5. The lowest BCUT2D eigenvalue weighted by molar-refractivity contribution is -0.122. The van der Waals surface area contributed by atoms with Gasteiger partial charge in [-0.3, -0.25) is 4.79 Å². The smallest absolute Gasteiger partial charge is 0.241 e. The molecule has 3 N–H and O–H groups in total. The minimum atomic E-state index is -0.662. The van der Waals surface area contributed by atoms with Crippen LogP contribution >= 0.6 is 0 Å². The summed E-state index contributed by atoms with van der Waals surface area (Å²) in [6.45, 7) is 4.32. The van der Waals surface area contributed by atoms with Gasteiger partial charge < -0.3 is 15.8 Å². The molecule has 2 rings (SSSR count). The molecule has 116 valence electrons. The normalized spacial score (nSPS) is 13.2. The van der Waals surface area contributed by atoms with Gasteiger partial charge in [-0.15, -0.1) is 0 Å². The SMILES string of the molecule is Cc1ccc(C(N)C(=O)NCC(C)Oc2ccccc2)cc1. The van der Waals surface area contributed by atoms with Crippen molar-refractivity contribution in [2.24, 2.45) is 5.73 Å². The summed E-state index contributed by atoms with van der Waals surface area (Å²) in [5, 5.41) is 2.83. The molecule has 0 aromatic heterocycles. The number of nitrogens with two attached hydrogens (primary N) is 1. The quantitative estimate of drug-likeness (QED) is 0.861. The Morgan fingerprint density at radius 1 is 1.14 bits per heavy atom. The minimum absolute atomic E-state index is 0.128. The van der Waals surface area contributed by atoms with Crippen molar-refractivity contribution >= 4 is 5.91 Å². The van der Waals surface area contributed by atoms with Crippen molar-refractivity contribution in [2.75, 3.05) is 6.54 Å². The van der Waals surface area contributed by atoms with E-state index in [0.717, 1.165) is 16.9 Å². The molecule has 0 aliphatic rings. The van der Waals surface area contributed by atoms with E-state index < -0.39 is 6.04 Å². The highest BCUT2D eigenvalue weighted by molar-refractivity contribution is 5.82. The van der Waals surface area contributed by atoms with Crippen LogP contribution in [0, 0.1) is 6.92 Å². The molecule has 0 aliphatic carbocycles. The number of hydrogen-bond acceptors (Lipinski definition) is 3. The Balaban J connectivity index is 1.82. The number of hydrogen-bond donors (Lipinski definition) is 2. The molecular weight excluding hydrogens is 276 g/mol. The van der Waals surface area contributed by atoms with Crippen LogP contribution in [-0.4, -0.2) is 18.6 Å². The molecule has 0 heterocycles. The van der Waals surface area contributed by atoms with E-state index in [2.05, 4.69) is 5.32 Å². The fourth-order valence-corrected chi connectivity index (χ4v) is 2.05.